The zero-order valence-electron chi connectivity index (χ0n) is 83.0. The second-order valence-electron chi connectivity index (χ2n) is 39.3. The van der Waals surface area contributed by atoms with Crippen LogP contribution in [0.15, 0.2) is 177 Å². The number of nitriles is 3. The van der Waals surface area contributed by atoms with Crippen LogP contribution in [-0.2, 0) is 23.7 Å². The summed E-state index contributed by atoms with van der Waals surface area (Å²) >= 11 is 0. The minimum Gasteiger partial charge on any atom is -0.496 e. The summed E-state index contributed by atoms with van der Waals surface area (Å²) in [5.74, 6) is 3.26. The Morgan fingerprint density at radius 3 is 1.01 bits per heavy atom. The van der Waals surface area contributed by atoms with Crippen LogP contribution < -0.4 is 44.8 Å². The van der Waals surface area contributed by atoms with Gasteiger partial charge in [-0.2, -0.15) is 15.8 Å². The molecule has 6 aromatic carbocycles. The van der Waals surface area contributed by atoms with Crippen LogP contribution in [0.3, 0.4) is 0 Å². The normalized spacial score (nSPS) is 16.5. The molecule has 4 amide bonds. The van der Waals surface area contributed by atoms with E-state index in [1.807, 2.05) is 140 Å². The quantitative estimate of drug-likeness (QED) is 0.0550. The number of aromatic carboxylic acids is 1. The molecule has 5 N–H and O–H groups in total. The van der Waals surface area contributed by atoms with Gasteiger partial charge in [0.05, 0.1) is 99.9 Å². The zero-order chi connectivity index (χ0) is 101. The Balaban J connectivity index is 0.000000159. The van der Waals surface area contributed by atoms with Gasteiger partial charge in [0.1, 0.15) is 116 Å². The van der Waals surface area contributed by atoms with E-state index in [9.17, 15) is 44.9 Å². The van der Waals surface area contributed by atoms with Crippen LogP contribution in [0.1, 0.15) is 187 Å². The zero-order valence-corrected chi connectivity index (χ0v) is 83.8. The molecule has 6 aliphatic heterocycles. The van der Waals surface area contributed by atoms with Crippen molar-refractivity contribution in [1.82, 2.24) is 40.3 Å². The summed E-state index contributed by atoms with van der Waals surface area (Å²) in [5.41, 5.74) is 17.0. The van der Waals surface area contributed by atoms with Gasteiger partial charge in [-0.3, -0.25) is 24.5 Å². The minimum atomic E-state index is -1.04. The lowest BCUT2D eigenvalue weighted by atomic mass is 9.89. The first-order valence-electron chi connectivity index (χ1n) is 48.0. The molecule has 143 heavy (non-hydrogen) atoms. The number of halogens is 1. The van der Waals surface area contributed by atoms with Gasteiger partial charge in [0.15, 0.2) is 16.7 Å². The highest BCUT2D eigenvalue weighted by atomic mass is 35.5. The van der Waals surface area contributed by atoms with Gasteiger partial charge in [0, 0.05) is 159 Å². The highest BCUT2D eigenvalue weighted by Crippen LogP contribution is 2.45. The fourth-order valence-electron chi connectivity index (χ4n) is 17.7. The van der Waals surface area contributed by atoms with Gasteiger partial charge >= 0.3 is 18.2 Å². The van der Waals surface area contributed by atoms with E-state index in [4.69, 9.17) is 71.1 Å². The molecule has 18 rings (SSSR count). The molecule has 750 valence electrons. The Hall–Kier alpha value is -14.3. The molecule has 0 atom stereocenters. The maximum absolute atomic E-state index is 13.4. The number of nitrogens with zero attached hydrogens (tertiary/aromatic N) is 9. The summed E-state index contributed by atoms with van der Waals surface area (Å²) in [7, 11) is 6.71. The van der Waals surface area contributed by atoms with Gasteiger partial charge in [0.2, 0.25) is 0 Å². The molecule has 6 aromatic heterocycles. The van der Waals surface area contributed by atoms with E-state index in [0.29, 0.717) is 208 Å². The molecule has 0 saturated carbocycles. The van der Waals surface area contributed by atoms with Crippen molar-refractivity contribution >= 4 is 75.7 Å². The maximum atomic E-state index is 13.4. The van der Waals surface area contributed by atoms with E-state index >= 15 is 0 Å². The third kappa shape index (κ3) is 26.2. The predicted octanol–water partition coefficient (Wildman–Crippen LogP) is 20.4. The number of fused-ring (bicyclic) bond motifs is 3. The Bertz CT molecular complexity index is 6710. The van der Waals surface area contributed by atoms with Gasteiger partial charge in [0.25, 0.3) is 11.8 Å². The van der Waals surface area contributed by atoms with Gasteiger partial charge < -0.3 is 102 Å². The Kier molecular flexibility index (Phi) is 33.4. The molecular formula is C110H123ClN12O20. The van der Waals surface area contributed by atoms with Gasteiger partial charge in [-0.25, -0.2) is 14.4 Å². The summed E-state index contributed by atoms with van der Waals surface area (Å²) in [6, 6.07) is 49.7. The fourth-order valence-corrected chi connectivity index (χ4v) is 17.7. The van der Waals surface area contributed by atoms with Crippen LogP contribution in [0, 0.1) is 34.0 Å². The number of carbonyl (C=O) groups excluding carboxylic acids is 4. The molecule has 6 aliphatic rings. The topological polar surface area (TPSA) is 416 Å². The fraction of sp³-hybridized carbons (Fsp3) is 0.409. The van der Waals surface area contributed by atoms with Crippen molar-refractivity contribution in [1.29, 1.82) is 15.8 Å². The van der Waals surface area contributed by atoms with E-state index in [2.05, 4.69) is 62.7 Å². The molecule has 32 nitrogen and oxygen atoms in total. The lowest BCUT2D eigenvalue weighted by Gasteiger charge is -2.40. The lowest BCUT2D eigenvalue weighted by molar-refractivity contribution is 0.0153. The number of nitrogens with two attached hydrogens (primary N) is 1. The number of amides is 4. The summed E-state index contributed by atoms with van der Waals surface area (Å²) < 4.78 is 81.2. The Labute approximate surface area is 837 Å². The van der Waals surface area contributed by atoms with Crippen molar-refractivity contribution in [3.05, 3.63) is 198 Å². The van der Waals surface area contributed by atoms with Crippen LogP contribution in [0.5, 0.6) is 34.5 Å². The van der Waals surface area contributed by atoms with E-state index < -0.39 is 22.7 Å². The number of hydrogen-bond acceptors (Lipinski definition) is 27. The van der Waals surface area contributed by atoms with E-state index in [0.717, 1.165) is 111 Å². The number of aromatic nitrogens is 3. The van der Waals surface area contributed by atoms with E-state index in [1.165, 1.54) is 19.2 Å². The number of hydrogen-bond donors (Lipinski definition) is 4. The standard InChI is InChI=1S/C38H42N4O7.C34H36N4O5.C27H22N2O6.C11H22N2O2.ClH/c1-37(2,3)49-36(44)42-16-13-38(4,14-17-42)41-35(43)25-6-8-29(32(21-25)45-5)33-22-30-34(48-33)28(10-15-40-30)24-7-9-31(26(20-24)23-39)47-27-11-18-46-19-12-27;1-34(11-14-38(2)15-12-34)37-33(39)23-4-6-27(30(19-23)40-3)31-20-28-32(43-31)26(8-13-36-28)22-5-7-29(24(18-22)21-35)42-25-9-16-41-17-10-25;1-32-24-13-17(27(30)31)2-4-21(24)25-14-22-26(35-25)20(6-9-29-22)16-3-5-23(18(12-16)15-28)34-19-7-10-33-11-8-19;1-10(2,3)15-9(14)13-7-5-11(4,12)6-8-13;/h6-10,15,20-22,27H,11-14,16-19H2,1-5H3,(H,41,43);4-8,13,18-20,25H,9-12,14-17H2,1-3H3,(H,37,39);2-6,9,12-14,19H,7-8,10-11H2,1H3,(H,30,31);5-8,12H2,1-4H3;1H. The van der Waals surface area contributed by atoms with Gasteiger partial charge in [-0.15, -0.1) is 12.4 Å². The van der Waals surface area contributed by atoms with Gasteiger partial charge in [-0.1, -0.05) is 18.2 Å². The number of benzene rings is 6. The minimum absolute atomic E-state index is 0. The summed E-state index contributed by atoms with van der Waals surface area (Å²) in [5, 5.41) is 45.2. The molecule has 0 aliphatic carbocycles. The van der Waals surface area contributed by atoms with E-state index in [1.54, 1.807) is 91.1 Å². The monoisotopic (exact) mass is 1970 g/mol. The number of rotatable bonds is 20. The number of carbonyl (C=O) groups is 5. The van der Waals surface area contributed by atoms with Crippen molar-refractivity contribution in [3.8, 4) is 120 Å². The SMILES string of the molecule is CC1(N)CCN(C(=O)OC(C)(C)C)CC1.COc1cc(C(=O)NC2(C)CCN(C(=O)OC(C)(C)C)CC2)ccc1-c1cc2nccc(-c3ccc(OC4CCOCC4)c(C#N)c3)c2o1.COc1cc(C(=O)NC2(C)CCN(C)CC2)ccc1-c1cc2nccc(-c3ccc(OC4CCOCC4)c(C#N)c3)c2o1.COc1cc(C(=O)O)ccc1-c1cc2nccc(-c3ccc(OC4CCOCC4)c(C#N)c3)c2o1.Cl. The number of methoxy groups -OCH3 is 3. The number of carboxylic acids is 1. The van der Waals surface area contributed by atoms with E-state index in [-0.39, 0.29) is 71.4 Å². The highest BCUT2D eigenvalue weighted by Gasteiger charge is 2.38. The molecule has 6 saturated heterocycles. The first kappa shape index (κ1) is 105. The first-order chi connectivity index (χ1) is 68.1. The largest absolute Gasteiger partial charge is 0.496 e. The number of piperidine rings is 3. The van der Waals surface area contributed by atoms with Crippen molar-refractivity contribution in [2.45, 2.75) is 185 Å². The van der Waals surface area contributed by atoms with Crippen molar-refractivity contribution < 1.29 is 94.4 Å². The maximum Gasteiger partial charge on any atom is 0.410 e. The number of carboxylic acid groups (broad SMARTS) is 1. The molecule has 0 radical (unpaired) electrons. The second-order valence-corrected chi connectivity index (χ2v) is 39.3. The highest BCUT2D eigenvalue weighted by molar-refractivity contribution is 6.00. The van der Waals surface area contributed by atoms with Crippen LogP contribution in [0.4, 0.5) is 9.59 Å². The lowest BCUT2D eigenvalue weighted by Crippen LogP contribution is -2.54. The summed E-state index contributed by atoms with van der Waals surface area (Å²) in [6.45, 7) is 25.5. The van der Waals surface area contributed by atoms with Crippen LogP contribution >= 0.6 is 12.4 Å². The average Bonchev–Trinajstić information content (AvgIpc) is 1.64. The van der Waals surface area contributed by atoms with Crippen molar-refractivity contribution in [2.75, 3.05) is 107 Å². The number of pyridine rings is 3. The molecule has 33 heteroatoms. The molecular weight excluding hydrogens is 1840 g/mol. The van der Waals surface area contributed by atoms with Crippen LogP contribution in [0.2, 0.25) is 0 Å². The summed E-state index contributed by atoms with van der Waals surface area (Å²) in [4.78, 5) is 81.3. The number of nitrogens with one attached hydrogen (secondary N) is 2. The molecule has 0 bridgehead atoms. The number of furan rings is 3. The van der Waals surface area contributed by atoms with Gasteiger partial charge in [-0.05, 0) is 234 Å². The molecule has 12 aromatic rings. The number of ether oxygens (including phenoxy) is 11. The predicted molar refractivity (Wildman–Crippen MR) is 541 cm³/mol. The summed E-state index contributed by atoms with van der Waals surface area (Å²) in [6.07, 6.45) is 14.1. The second kappa shape index (κ2) is 45.7. The van der Waals surface area contributed by atoms with Crippen molar-refractivity contribution in [3.63, 3.8) is 0 Å². The van der Waals surface area contributed by atoms with Crippen LogP contribution in [-0.4, -0.2) is 218 Å². The third-order valence-electron chi connectivity index (χ3n) is 26.0. The Morgan fingerprint density at radius 2 is 0.713 bits per heavy atom. The smallest absolute Gasteiger partial charge is 0.410 e. The molecule has 0 spiro atoms. The molecule has 6 fully saturated rings. The molecule has 0 unspecified atom stereocenters. The van der Waals surface area contributed by atoms with Crippen molar-refractivity contribution in [2.24, 2.45) is 5.73 Å². The average molecular weight is 1970 g/mol. The molecule has 12 heterocycles. The Morgan fingerprint density at radius 1 is 0.413 bits per heavy atom. The first-order valence-corrected chi connectivity index (χ1v) is 48.0. The number of likely N-dealkylation sites (tertiary alicyclic amines) is 3. The third-order valence-corrected chi connectivity index (χ3v) is 26.0. The van der Waals surface area contributed by atoms with Crippen LogP contribution in [0.25, 0.3) is 101 Å².